The summed E-state index contributed by atoms with van der Waals surface area (Å²) in [6, 6.07) is 8.91. The van der Waals surface area contributed by atoms with Gasteiger partial charge in [-0.1, -0.05) is 17.7 Å². The van der Waals surface area contributed by atoms with Crippen LogP contribution in [0.25, 0.3) is 0 Å². The molecule has 1 aliphatic heterocycles. The molecule has 1 saturated carbocycles. The highest BCUT2D eigenvalue weighted by atomic mass is 16.5. The molecule has 4 nitrogen and oxygen atoms in total. The first-order valence-electron chi connectivity index (χ1n) is 6.73. The predicted molar refractivity (Wildman–Crippen MR) is 78.2 cm³/mol. The maximum Gasteiger partial charge on any atom is 0.225 e. The Morgan fingerprint density at radius 3 is 2.79 bits per heavy atom. The van der Waals surface area contributed by atoms with Crippen LogP contribution >= 0.6 is 0 Å². The Hall–Kier alpha value is -1.68. The van der Waals surface area contributed by atoms with Crippen molar-refractivity contribution in [2.75, 3.05) is 25.2 Å². The third-order valence-corrected chi connectivity index (χ3v) is 3.57. The number of benzene rings is 1. The number of hydrogen-bond donors (Lipinski definition) is 0. The van der Waals surface area contributed by atoms with E-state index in [9.17, 15) is 0 Å². The summed E-state index contributed by atoms with van der Waals surface area (Å²) in [5.41, 5.74) is 2.38. The highest BCUT2D eigenvalue weighted by Gasteiger charge is 2.39. The zero-order valence-electron chi connectivity index (χ0n) is 11.4. The number of hydrogen-bond acceptors (Lipinski definition) is 4. The molecule has 4 heteroatoms. The second kappa shape index (κ2) is 5.13. The fourth-order valence-corrected chi connectivity index (χ4v) is 2.24. The zero-order valence-corrected chi connectivity index (χ0v) is 11.4. The smallest absolute Gasteiger partial charge is 0.225 e. The van der Waals surface area contributed by atoms with Gasteiger partial charge in [0.25, 0.3) is 0 Å². The maximum atomic E-state index is 5.20. The maximum absolute atomic E-state index is 5.20. The van der Waals surface area contributed by atoms with Crippen LogP contribution in [0.5, 0.6) is 0 Å². The SMILES string of the molecule is COCCN(C1=NC2CC2C=N1)c1ccc(C)cc1. The van der Waals surface area contributed by atoms with Crippen LogP contribution < -0.4 is 4.90 Å². The summed E-state index contributed by atoms with van der Waals surface area (Å²) in [6.45, 7) is 3.53. The van der Waals surface area contributed by atoms with Crippen molar-refractivity contribution in [3.8, 4) is 0 Å². The van der Waals surface area contributed by atoms with Crippen molar-refractivity contribution in [2.24, 2.45) is 15.9 Å². The average Bonchev–Trinajstić information content (AvgIpc) is 3.19. The molecule has 0 saturated heterocycles. The number of aliphatic imine (C=N–C) groups is 2. The monoisotopic (exact) mass is 257 g/mol. The Morgan fingerprint density at radius 1 is 1.32 bits per heavy atom. The van der Waals surface area contributed by atoms with Crippen LogP contribution in [0.1, 0.15) is 12.0 Å². The Labute approximate surface area is 113 Å². The molecule has 0 aromatic heterocycles. The molecule has 2 aliphatic rings. The van der Waals surface area contributed by atoms with Crippen LogP contribution in [0.2, 0.25) is 0 Å². The van der Waals surface area contributed by atoms with E-state index in [0.717, 1.165) is 24.6 Å². The topological polar surface area (TPSA) is 37.2 Å². The molecule has 0 bridgehead atoms. The molecule has 100 valence electrons. The van der Waals surface area contributed by atoms with E-state index in [4.69, 9.17) is 9.73 Å². The van der Waals surface area contributed by atoms with Gasteiger partial charge in [-0.3, -0.25) is 0 Å². The van der Waals surface area contributed by atoms with Crippen molar-refractivity contribution in [2.45, 2.75) is 19.4 Å². The van der Waals surface area contributed by atoms with Gasteiger partial charge in [-0.05, 0) is 25.5 Å². The first kappa shape index (κ1) is 12.4. The largest absolute Gasteiger partial charge is 0.383 e. The molecule has 1 fully saturated rings. The van der Waals surface area contributed by atoms with Crippen LogP contribution in [0.15, 0.2) is 34.3 Å². The predicted octanol–water partition coefficient (Wildman–Crippen LogP) is 2.28. The van der Waals surface area contributed by atoms with E-state index in [1.165, 1.54) is 5.56 Å². The highest BCUT2D eigenvalue weighted by molar-refractivity contribution is 6.02. The Balaban J connectivity index is 1.84. The molecule has 1 heterocycles. The summed E-state index contributed by atoms with van der Waals surface area (Å²) >= 11 is 0. The molecule has 3 rings (SSSR count). The van der Waals surface area contributed by atoms with Crippen molar-refractivity contribution in [3.63, 3.8) is 0 Å². The summed E-state index contributed by atoms with van der Waals surface area (Å²) < 4.78 is 5.20. The minimum atomic E-state index is 0.461. The second-order valence-corrected chi connectivity index (χ2v) is 5.15. The highest BCUT2D eigenvalue weighted by Crippen LogP contribution is 2.35. The minimum absolute atomic E-state index is 0.461. The van der Waals surface area contributed by atoms with Gasteiger partial charge in [-0.25, -0.2) is 9.98 Å². The van der Waals surface area contributed by atoms with Crippen molar-refractivity contribution < 1.29 is 4.74 Å². The summed E-state index contributed by atoms with van der Waals surface area (Å²) in [5, 5.41) is 0. The number of guanidine groups is 1. The molecule has 2 unspecified atom stereocenters. The van der Waals surface area contributed by atoms with Gasteiger partial charge >= 0.3 is 0 Å². The summed E-state index contributed by atoms with van der Waals surface area (Å²) in [5.74, 6) is 1.41. The van der Waals surface area contributed by atoms with E-state index >= 15 is 0 Å². The van der Waals surface area contributed by atoms with Gasteiger partial charge in [0.1, 0.15) is 0 Å². The van der Waals surface area contributed by atoms with E-state index in [-0.39, 0.29) is 0 Å². The third-order valence-electron chi connectivity index (χ3n) is 3.57. The van der Waals surface area contributed by atoms with Crippen molar-refractivity contribution in [1.82, 2.24) is 0 Å². The molecule has 1 aromatic rings. The number of fused-ring (bicyclic) bond motifs is 1. The number of nitrogens with zero attached hydrogens (tertiary/aromatic N) is 3. The van der Waals surface area contributed by atoms with Crippen LogP contribution in [0, 0.1) is 12.8 Å². The van der Waals surface area contributed by atoms with Gasteiger partial charge in [-0.15, -0.1) is 0 Å². The Bertz CT molecular complexity index is 507. The fourth-order valence-electron chi connectivity index (χ4n) is 2.24. The lowest BCUT2D eigenvalue weighted by Gasteiger charge is -2.24. The molecule has 0 spiro atoms. The minimum Gasteiger partial charge on any atom is -0.383 e. The summed E-state index contributed by atoms with van der Waals surface area (Å²) in [7, 11) is 1.72. The lowest BCUT2D eigenvalue weighted by Crippen LogP contribution is -2.34. The molecule has 0 N–H and O–H groups in total. The van der Waals surface area contributed by atoms with Gasteiger partial charge in [-0.2, -0.15) is 0 Å². The Morgan fingerprint density at radius 2 is 2.11 bits per heavy atom. The molecule has 19 heavy (non-hydrogen) atoms. The number of ether oxygens (including phenoxy) is 1. The zero-order chi connectivity index (χ0) is 13.2. The standard InChI is InChI=1S/C15H19N3O/c1-11-3-5-13(6-4-11)18(7-8-19-2)15-16-10-12-9-14(12)17-15/h3-6,10,12,14H,7-9H2,1-2H3. The summed E-state index contributed by atoms with van der Waals surface area (Å²) in [4.78, 5) is 11.3. The molecular formula is C15H19N3O. The van der Waals surface area contributed by atoms with Gasteiger partial charge < -0.3 is 9.64 Å². The van der Waals surface area contributed by atoms with Crippen LogP contribution in [0.3, 0.4) is 0 Å². The fraction of sp³-hybridized carbons (Fsp3) is 0.467. The first-order valence-corrected chi connectivity index (χ1v) is 6.73. The Kier molecular flexibility index (Phi) is 3.34. The summed E-state index contributed by atoms with van der Waals surface area (Å²) in [6.07, 6.45) is 3.19. The molecular weight excluding hydrogens is 238 g/mol. The van der Waals surface area contributed by atoms with Gasteiger partial charge in [0, 0.05) is 31.5 Å². The number of aryl methyl sites for hydroxylation is 1. The number of methoxy groups -OCH3 is 1. The number of anilines is 1. The quantitative estimate of drug-likeness (QED) is 0.829. The van der Waals surface area contributed by atoms with Gasteiger partial charge in [0.05, 0.1) is 12.6 Å². The second-order valence-electron chi connectivity index (χ2n) is 5.15. The van der Waals surface area contributed by atoms with Crippen molar-refractivity contribution >= 4 is 17.9 Å². The van der Waals surface area contributed by atoms with Crippen LogP contribution in [-0.2, 0) is 4.74 Å². The number of rotatable bonds is 4. The third kappa shape index (κ3) is 2.68. The van der Waals surface area contributed by atoms with Crippen molar-refractivity contribution in [1.29, 1.82) is 0 Å². The molecule has 2 atom stereocenters. The molecule has 0 radical (unpaired) electrons. The van der Waals surface area contributed by atoms with Gasteiger partial charge in [0.2, 0.25) is 5.96 Å². The lowest BCUT2D eigenvalue weighted by molar-refractivity contribution is 0.208. The molecule has 1 aromatic carbocycles. The van der Waals surface area contributed by atoms with Crippen LogP contribution in [-0.4, -0.2) is 38.5 Å². The van der Waals surface area contributed by atoms with E-state index in [0.29, 0.717) is 18.6 Å². The van der Waals surface area contributed by atoms with Crippen molar-refractivity contribution in [3.05, 3.63) is 29.8 Å². The van der Waals surface area contributed by atoms with Crippen LogP contribution in [0.4, 0.5) is 5.69 Å². The normalized spacial score (nSPS) is 23.8. The molecule has 0 amide bonds. The average molecular weight is 257 g/mol. The van der Waals surface area contributed by atoms with Gasteiger partial charge in [0.15, 0.2) is 0 Å². The van der Waals surface area contributed by atoms with E-state index < -0.39 is 0 Å². The molecule has 1 aliphatic carbocycles. The van der Waals surface area contributed by atoms with E-state index in [1.807, 2.05) is 6.21 Å². The lowest BCUT2D eigenvalue weighted by atomic mass is 10.2. The van der Waals surface area contributed by atoms with E-state index in [2.05, 4.69) is 41.1 Å². The first-order chi connectivity index (χ1) is 9.28. The van der Waals surface area contributed by atoms with E-state index in [1.54, 1.807) is 7.11 Å².